The van der Waals surface area contributed by atoms with E-state index < -0.39 is 70.7 Å². The van der Waals surface area contributed by atoms with E-state index in [1.165, 1.54) is 82.6 Å². The molecule has 115 heavy (non-hydrogen) atoms. The number of hydrogen-bond donors (Lipinski definition) is 0. The van der Waals surface area contributed by atoms with Gasteiger partial charge in [-0.3, -0.25) is 76.9 Å². The molecule has 12 amide bonds. The summed E-state index contributed by atoms with van der Waals surface area (Å²) < 4.78 is 0. The molecule has 10 aromatic rings. The average Bonchev–Trinajstić information content (AvgIpc) is 1.77. The van der Waals surface area contributed by atoms with Gasteiger partial charge in [-0.1, -0.05) is 149 Å². The molecule has 0 N–H and O–H groups in total. The van der Waals surface area contributed by atoms with Crippen LogP contribution in [0.15, 0.2) is 243 Å². The van der Waals surface area contributed by atoms with Crippen molar-refractivity contribution in [3.05, 3.63) is 343 Å². The molecule has 18 rings (SSSR count). The third-order valence-corrected chi connectivity index (χ3v) is 23.9. The van der Waals surface area contributed by atoms with Crippen molar-refractivity contribution in [3.8, 4) is 0 Å². The van der Waals surface area contributed by atoms with Crippen LogP contribution in [0.1, 0.15) is 189 Å². The summed E-state index contributed by atoms with van der Waals surface area (Å²) >= 11 is 0. The number of ketones is 2. The monoisotopic (exact) mass is 1520 g/mol. The van der Waals surface area contributed by atoms with Crippen LogP contribution in [0.2, 0.25) is 0 Å². The van der Waals surface area contributed by atoms with Crippen molar-refractivity contribution in [3.63, 3.8) is 0 Å². The highest BCUT2D eigenvalue weighted by Gasteiger charge is 2.52. The highest BCUT2D eigenvalue weighted by atomic mass is 16.2. The second-order valence-electron chi connectivity index (χ2n) is 31.2. The molecule has 2 saturated heterocycles. The summed E-state index contributed by atoms with van der Waals surface area (Å²) in [6.45, 7) is 7.87. The van der Waals surface area contributed by atoms with E-state index in [1.807, 2.05) is 62.4 Å². The molecule has 0 saturated carbocycles. The molecule has 2 fully saturated rings. The number of imide groups is 6. The minimum Gasteiger partial charge on any atom is -0.289 e. The summed E-state index contributed by atoms with van der Waals surface area (Å²) in [5.41, 5.74) is 8.23. The maximum atomic E-state index is 14.2. The fourth-order valence-electron chi connectivity index (χ4n) is 17.7. The lowest BCUT2D eigenvalue weighted by atomic mass is 9.83. The summed E-state index contributed by atoms with van der Waals surface area (Å²) in [4.78, 5) is 201. The molecule has 0 aromatic heterocycles. The van der Waals surface area contributed by atoms with E-state index >= 15 is 0 Å². The lowest BCUT2D eigenvalue weighted by Crippen LogP contribution is -2.31. The van der Waals surface area contributed by atoms with Gasteiger partial charge in [0.1, 0.15) is 0 Å². The largest absolute Gasteiger partial charge is 0.289 e. The topological polar surface area (TPSA) is 258 Å². The molecule has 20 nitrogen and oxygen atoms in total. The fraction of sp³-hybridized carbons (Fsp3) is 0.179. The molecule has 2 aliphatic carbocycles. The number of fused-ring (bicyclic) bond motifs is 4. The zero-order valence-corrected chi connectivity index (χ0v) is 62.6. The van der Waals surface area contributed by atoms with Gasteiger partial charge in [-0.15, -0.1) is 0 Å². The van der Waals surface area contributed by atoms with Crippen molar-refractivity contribution in [1.82, 2.24) is 0 Å². The number of anilines is 6. The highest BCUT2D eigenvalue weighted by molar-refractivity contribution is 6.38. The van der Waals surface area contributed by atoms with Gasteiger partial charge < -0.3 is 0 Å². The smallest absolute Gasteiger partial charge is 0.266 e. The Morgan fingerprint density at radius 1 is 0.252 bits per heavy atom. The molecule has 10 aromatic carbocycles. The van der Waals surface area contributed by atoms with E-state index in [-0.39, 0.29) is 125 Å². The molecular weight excluding hydrogens is 1450 g/mol. The maximum Gasteiger partial charge on any atom is 0.266 e. The number of carbonyl (C=O) groups is 14. The quantitative estimate of drug-likeness (QED) is 0.0440. The van der Waals surface area contributed by atoms with Gasteiger partial charge in [-0.2, -0.15) is 0 Å². The van der Waals surface area contributed by atoms with E-state index in [4.69, 9.17) is 0 Å². The van der Waals surface area contributed by atoms with Gasteiger partial charge in [0.05, 0.1) is 90.5 Å². The van der Waals surface area contributed by atoms with E-state index in [1.54, 1.807) is 97.1 Å². The van der Waals surface area contributed by atoms with Crippen LogP contribution < -0.4 is 29.4 Å². The Morgan fingerprint density at radius 3 is 0.670 bits per heavy atom. The van der Waals surface area contributed by atoms with Crippen LogP contribution in [0.4, 0.5) is 34.1 Å². The first-order valence-electron chi connectivity index (χ1n) is 38.3. The van der Waals surface area contributed by atoms with Crippen LogP contribution in [-0.4, -0.2) is 82.5 Å². The number of carbonyl (C=O) groups excluding carboxylic acids is 14. The lowest BCUT2D eigenvalue weighted by molar-refractivity contribution is -0.124. The summed E-state index contributed by atoms with van der Waals surface area (Å²) in [5.74, 6) is -7.55. The number of nitrogens with zero attached hydrogens (tertiary/aromatic N) is 6. The summed E-state index contributed by atoms with van der Waals surface area (Å²) in [6, 6.07) is 58.9. The Hall–Kier alpha value is -14.1. The molecule has 8 atom stereocenters. The fourth-order valence-corrected chi connectivity index (χ4v) is 17.7. The molecule has 20 heteroatoms. The molecule has 6 aliphatic heterocycles. The molecule has 8 unspecified atom stereocenters. The van der Waals surface area contributed by atoms with Gasteiger partial charge in [0.2, 0.25) is 23.6 Å². The van der Waals surface area contributed by atoms with E-state index in [2.05, 4.69) is 38.2 Å². The van der Waals surface area contributed by atoms with Gasteiger partial charge in [-0.05, 0) is 210 Å². The van der Waals surface area contributed by atoms with Crippen LogP contribution in [0, 0.1) is 47.3 Å². The van der Waals surface area contributed by atoms with E-state index in [9.17, 15) is 67.1 Å². The van der Waals surface area contributed by atoms with Crippen molar-refractivity contribution in [2.75, 3.05) is 29.4 Å². The number of rotatable bonds is 18. The zero-order valence-electron chi connectivity index (χ0n) is 62.6. The van der Waals surface area contributed by atoms with Crippen molar-refractivity contribution in [2.45, 2.75) is 59.8 Å². The molecule has 564 valence electrons. The molecule has 0 bridgehead atoms. The van der Waals surface area contributed by atoms with Gasteiger partial charge in [-0.25, -0.2) is 19.6 Å². The first-order chi connectivity index (χ1) is 55.4. The molecular formula is C95H70N6O14. The predicted molar refractivity (Wildman–Crippen MR) is 427 cm³/mol. The predicted octanol–water partition coefficient (Wildman–Crippen LogP) is 14.8. The number of allylic oxidation sites excluding steroid dienone is 4. The zero-order chi connectivity index (χ0) is 79.8. The first kappa shape index (κ1) is 72.4. The third kappa shape index (κ3) is 12.2. The Kier molecular flexibility index (Phi) is 17.6. The summed E-state index contributed by atoms with van der Waals surface area (Å²) in [6.07, 6.45) is 11.4. The lowest BCUT2D eigenvalue weighted by Gasteiger charge is -2.19. The standard InChI is InChI=1S/C95H70N6O14/c1-50-5-19-60(41-50)80-52(3)84(104)96(94(80)114)66-25-7-54(8-26-66)43-56-11-29-68(30-12-56)98-86(106)72-37-21-62(46-76(72)90(98)110)82(102)64-23-39-74-78(48-64)92(112)100(88(74)108)70-33-15-58(16-34-70)45-59-17-35-71(36-18-59)101-89(109)75-40-24-65(49-79(75)93(101)113)83(103)63-22-38-73-77(47-63)91(111)99(87(73)107)69-31-13-57(14-32-69)44-55-9-27-67(28-10-55)97-85(105)53(4)81(95(97)115)61-20-6-51(2)42-61/h5-40,46-53,60-61,80-81H,41-45H2,1-4H3. The summed E-state index contributed by atoms with van der Waals surface area (Å²) in [5, 5.41) is 0. The highest BCUT2D eigenvalue weighted by Crippen LogP contribution is 2.44. The van der Waals surface area contributed by atoms with Crippen LogP contribution in [0.25, 0.3) is 0 Å². The van der Waals surface area contributed by atoms with Crippen LogP contribution in [0.3, 0.4) is 0 Å². The van der Waals surface area contributed by atoms with Crippen molar-refractivity contribution in [1.29, 1.82) is 0 Å². The molecule has 0 spiro atoms. The molecule has 0 radical (unpaired) electrons. The minimum absolute atomic E-state index is 0.00476. The Morgan fingerprint density at radius 2 is 0.461 bits per heavy atom. The van der Waals surface area contributed by atoms with E-state index in [0.717, 1.165) is 65.8 Å². The Balaban J connectivity index is 0.474. The maximum absolute atomic E-state index is 14.2. The van der Waals surface area contributed by atoms with Crippen molar-refractivity contribution in [2.24, 2.45) is 47.3 Å². The molecule has 8 aliphatic rings. The van der Waals surface area contributed by atoms with Crippen LogP contribution in [-0.2, 0) is 38.4 Å². The van der Waals surface area contributed by atoms with Gasteiger partial charge in [0, 0.05) is 34.1 Å². The second kappa shape index (κ2) is 28.0. The molecule has 6 heterocycles. The number of amides is 12. The normalized spacial score (nSPS) is 21.4. The second-order valence-corrected chi connectivity index (χ2v) is 31.2. The van der Waals surface area contributed by atoms with Crippen molar-refractivity contribution >= 4 is 117 Å². The average molecular weight is 1520 g/mol. The van der Waals surface area contributed by atoms with Gasteiger partial charge in [0.15, 0.2) is 11.6 Å². The van der Waals surface area contributed by atoms with Crippen molar-refractivity contribution < 1.29 is 67.1 Å². The third-order valence-electron chi connectivity index (χ3n) is 23.9. The SMILES string of the molecule is CC1C=CC(C2C(=O)N(c3ccc(Cc4ccc(N5C(=O)c6ccc(C(=O)c7ccc8c(c7)C(=O)N(c7ccc(Cc9ccc(N%10C(=O)c%11ccc(C(=O)c%12ccc%13c(c%12)C(=O)N(c%12ccc(Cc%14ccc(N%15C(=O)C(C)C(C%16C=CC(C)C%16)C%15=O)cc%14)cc%12)C%13=O)cc%11C%10=O)cc9)cc7)C8=O)cc6C5=O)cc4)cc3)C(=O)C2C)C1. The number of benzene rings is 10. The minimum atomic E-state index is -0.651. The van der Waals surface area contributed by atoms with Gasteiger partial charge in [0.25, 0.3) is 47.3 Å². The van der Waals surface area contributed by atoms with Gasteiger partial charge >= 0.3 is 0 Å². The van der Waals surface area contributed by atoms with Crippen LogP contribution in [0.5, 0.6) is 0 Å². The first-order valence-corrected chi connectivity index (χ1v) is 38.3. The van der Waals surface area contributed by atoms with E-state index in [0.29, 0.717) is 53.8 Å². The van der Waals surface area contributed by atoms with Crippen LogP contribution >= 0.6 is 0 Å². The Bertz CT molecular complexity index is 5710. The number of hydrogen-bond acceptors (Lipinski definition) is 14. The Labute approximate surface area is 659 Å². The summed E-state index contributed by atoms with van der Waals surface area (Å²) in [7, 11) is 0.